The minimum absolute atomic E-state index is 0.0511. The van der Waals surface area contributed by atoms with Crippen LogP contribution >= 0.6 is 0 Å². The van der Waals surface area contributed by atoms with E-state index >= 15 is 0 Å². The summed E-state index contributed by atoms with van der Waals surface area (Å²) >= 11 is 0. The number of aromatic nitrogens is 1. The van der Waals surface area contributed by atoms with Gasteiger partial charge in [-0.15, -0.1) is 0 Å². The van der Waals surface area contributed by atoms with Gasteiger partial charge in [-0.05, 0) is 19.1 Å². The summed E-state index contributed by atoms with van der Waals surface area (Å²) in [6.07, 6.45) is 0. The molecule has 0 saturated heterocycles. The Labute approximate surface area is 117 Å². The summed E-state index contributed by atoms with van der Waals surface area (Å²) in [7, 11) is 3.58. The number of nitrogens with zero attached hydrogens (tertiary/aromatic N) is 2. The van der Waals surface area contributed by atoms with Crippen LogP contribution < -0.4 is 4.90 Å². The number of rotatable bonds is 5. The van der Waals surface area contributed by atoms with Crippen LogP contribution in [-0.2, 0) is 4.74 Å². The fourth-order valence-electron chi connectivity index (χ4n) is 2.15. The molecular weight excluding hydrogens is 256 g/mol. The molecule has 1 N–H and O–H groups in total. The van der Waals surface area contributed by atoms with E-state index in [1.54, 1.807) is 13.2 Å². The van der Waals surface area contributed by atoms with Crippen molar-refractivity contribution in [2.75, 3.05) is 25.7 Å². The zero-order valence-corrected chi connectivity index (χ0v) is 11.8. The van der Waals surface area contributed by atoms with Crippen LogP contribution in [0.5, 0.6) is 0 Å². The zero-order chi connectivity index (χ0) is 14.7. The van der Waals surface area contributed by atoms with E-state index in [2.05, 4.69) is 4.98 Å². The predicted molar refractivity (Wildman–Crippen MR) is 78.4 cm³/mol. The molecule has 0 spiro atoms. The molecular formula is C15H18N2O3. The molecule has 20 heavy (non-hydrogen) atoms. The van der Waals surface area contributed by atoms with Gasteiger partial charge in [-0.3, -0.25) is 0 Å². The number of carboxylic acids is 1. The van der Waals surface area contributed by atoms with Gasteiger partial charge in [-0.2, -0.15) is 0 Å². The van der Waals surface area contributed by atoms with E-state index in [-0.39, 0.29) is 11.7 Å². The van der Waals surface area contributed by atoms with E-state index in [0.29, 0.717) is 12.1 Å². The van der Waals surface area contributed by atoms with Crippen molar-refractivity contribution in [3.63, 3.8) is 0 Å². The molecule has 2 rings (SSSR count). The third-order valence-corrected chi connectivity index (χ3v) is 3.36. The largest absolute Gasteiger partial charge is 0.477 e. The van der Waals surface area contributed by atoms with Crippen molar-refractivity contribution in [2.24, 2.45) is 0 Å². The maximum Gasteiger partial charge on any atom is 0.354 e. The van der Waals surface area contributed by atoms with Gasteiger partial charge in [0.1, 0.15) is 0 Å². The molecule has 1 atom stereocenters. The highest BCUT2D eigenvalue weighted by atomic mass is 16.5. The maximum absolute atomic E-state index is 11.2. The lowest BCUT2D eigenvalue weighted by Crippen LogP contribution is -2.33. The molecule has 0 radical (unpaired) electrons. The van der Waals surface area contributed by atoms with Crippen molar-refractivity contribution in [2.45, 2.75) is 13.0 Å². The molecule has 0 aliphatic heterocycles. The smallest absolute Gasteiger partial charge is 0.354 e. The van der Waals surface area contributed by atoms with Gasteiger partial charge in [0.2, 0.25) is 0 Å². The standard InChI is InChI=1S/C15H18N2O3/c1-10(9-20-3)17(2)14-8-13(15(18)19)16-12-7-5-4-6-11(12)14/h4-8,10H,9H2,1-3H3,(H,18,19). The quantitative estimate of drug-likeness (QED) is 0.907. The van der Waals surface area contributed by atoms with E-state index < -0.39 is 5.97 Å². The molecule has 0 aliphatic carbocycles. The number of carboxylic acid groups (broad SMARTS) is 1. The number of aromatic carboxylic acids is 1. The molecule has 0 bridgehead atoms. The molecule has 0 saturated carbocycles. The third kappa shape index (κ3) is 2.72. The first-order valence-corrected chi connectivity index (χ1v) is 6.39. The molecule has 5 nitrogen and oxygen atoms in total. The van der Waals surface area contributed by atoms with E-state index in [0.717, 1.165) is 11.1 Å². The lowest BCUT2D eigenvalue weighted by atomic mass is 10.1. The number of carbonyl (C=O) groups is 1. The van der Waals surface area contributed by atoms with Crippen LogP contribution in [0.15, 0.2) is 30.3 Å². The molecule has 106 valence electrons. The van der Waals surface area contributed by atoms with E-state index in [1.807, 2.05) is 43.1 Å². The van der Waals surface area contributed by atoms with Crippen molar-refractivity contribution in [1.82, 2.24) is 4.98 Å². The maximum atomic E-state index is 11.2. The Balaban J connectivity index is 2.57. The Morgan fingerprint density at radius 2 is 2.15 bits per heavy atom. The van der Waals surface area contributed by atoms with Gasteiger partial charge < -0.3 is 14.7 Å². The van der Waals surface area contributed by atoms with Crippen LogP contribution in [-0.4, -0.2) is 42.9 Å². The summed E-state index contributed by atoms with van der Waals surface area (Å²) in [5.41, 5.74) is 1.58. The van der Waals surface area contributed by atoms with Crippen LogP contribution in [0.1, 0.15) is 17.4 Å². The van der Waals surface area contributed by atoms with Crippen molar-refractivity contribution in [3.05, 3.63) is 36.0 Å². The number of hydrogen-bond acceptors (Lipinski definition) is 4. The molecule has 2 aromatic rings. The Morgan fingerprint density at radius 3 is 2.80 bits per heavy atom. The topological polar surface area (TPSA) is 62.7 Å². The fourth-order valence-corrected chi connectivity index (χ4v) is 2.15. The number of fused-ring (bicyclic) bond motifs is 1. The number of pyridine rings is 1. The van der Waals surface area contributed by atoms with Gasteiger partial charge in [0, 0.05) is 31.3 Å². The first-order valence-electron chi connectivity index (χ1n) is 6.39. The third-order valence-electron chi connectivity index (χ3n) is 3.36. The number of anilines is 1. The number of benzene rings is 1. The molecule has 0 fully saturated rings. The molecule has 1 heterocycles. The number of para-hydroxylation sites is 1. The Bertz CT molecular complexity index is 628. The Hall–Kier alpha value is -2.14. The van der Waals surface area contributed by atoms with E-state index in [4.69, 9.17) is 4.74 Å². The summed E-state index contributed by atoms with van der Waals surface area (Å²) in [4.78, 5) is 17.4. The minimum Gasteiger partial charge on any atom is -0.477 e. The van der Waals surface area contributed by atoms with Crippen LogP contribution in [0.3, 0.4) is 0 Å². The van der Waals surface area contributed by atoms with E-state index in [9.17, 15) is 9.90 Å². The van der Waals surface area contributed by atoms with Gasteiger partial charge in [0.25, 0.3) is 0 Å². The molecule has 1 aromatic heterocycles. The van der Waals surface area contributed by atoms with Gasteiger partial charge in [0.05, 0.1) is 12.1 Å². The SMILES string of the molecule is COCC(C)N(C)c1cc(C(=O)O)nc2ccccc12. The van der Waals surface area contributed by atoms with Crippen molar-refractivity contribution in [1.29, 1.82) is 0 Å². The number of likely N-dealkylation sites (N-methyl/N-ethyl adjacent to an activating group) is 1. The second-order valence-electron chi connectivity index (χ2n) is 4.76. The number of hydrogen-bond donors (Lipinski definition) is 1. The van der Waals surface area contributed by atoms with Crippen LogP contribution in [0.25, 0.3) is 10.9 Å². The van der Waals surface area contributed by atoms with Crippen molar-refractivity contribution < 1.29 is 14.6 Å². The Kier molecular flexibility index (Phi) is 4.20. The molecule has 5 heteroatoms. The summed E-state index contributed by atoms with van der Waals surface area (Å²) in [5.74, 6) is -1.02. The van der Waals surface area contributed by atoms with Gasteiger partial charge in [0.15, 0.2) is 5.69 Å². The highest BCUT2D eigenvalue weighted by molar-refractivity contribution is 5.97. The minimum atomic E-state index is -1.02. The summed E-state index contributed by atoms with van der Waals surface area (Å²) in [6, 6.07) is 9.27. The molecule has 0 amide bonds. The Morgan fingerprint density at radius 1 is 1.45 bits per heavy atom. The number of methoxy groups -OCH3 is 1. The summed E-state index contributed by atoms with van der Waals surface area (Å²) in [5, 5.41) is 10.1. The summed E-state index contributed by atoms with van der Waals surface area (Å²) < 4.78 is 5.16. The molecule has 0 aliphatic rings. The second-order valence-corrected chi connectivity index (χ2v) is 4.76. The van der Waals surface area contributed by atoms with Crippen molar-refractivity contribution >= 4 is 22.6 Å². The fraction of sp³-hybridized carbons (Fsp3) is 0.333. The zero-order valence-electron chi connectivity index (χ0n) is 11.8. The normalized spacial score (nSPS) is 12.3. The van der Waals surface area contributed by atoms with Gasteiger partial charge in [-0.1, -0.05) is 18.2 Å². The van der Waals surface area contributed by atoms with Crippen LogP contribution in [0.4, 0.5) is 5.69 Å². The van der Waals surface area contributed by atoms with Crippen LogP contribution in [0, 0.1) is 0 Å². The van der Waals surface area contributed by atoms with Gasteiger partial charge in [-0.25, -0.2) is 9.78 Å². The molecule has 1 aromatic carbocycles. The van der Waals surface area contributed by atoms with Gasteiger partial charge >= 0.3 is 5.97 Å². The first kappa shape index (κ1) is 14.3. The highest BCUT2D eigenvalue weighted by Gasteiger charge is 2.16. The lowest BCUT2D eigenvalue weighted by Gasteiger charge is -2.27. The lowest BCUT2D eigenvalue weighted by molar-refractivity contribution is 0.0691. The summed E-state index contributed by atoms with van der Waals surface area (Å²) in [6.45, 7) is 2.59. The number of ether oxygens (including phenoxy) is 1. The predicted octanol–water partition coefficient (Wildman–Crippen LogP) is 2.40. The van der Waals surface area contributed by atoms with Crippen molar-refractivity contribution in [3.8, 4) is 0 Å². The average molecular weight is 274 g/mol. The first-order chi connectivity index (χ1) is 9.54. The average Bonchev–Trinajstić information content (AvgIpc) is 2.45. The van der Waals surface area contributed by atoms with E-state index in [1.165, 1.54) is 0 Å². The van der Waals surface area contributed by atoms with Crippen LogP contribution in [0.2, 0.25) is 0 Å². The monoisotopic (exact) mass is 274 g/mol. The molecule has 1 unspecified atom stereocenters. The second kappa shape index (κ2) is 5.88. The highest BCUT2D eigenvalue weighted by Crippen LogP contribution is 2.27.